The molecular weight excluding hydrogens is 321 g/mol. The molecule has 0 radical (unpaired) electrons. The summed E-state index contributed by atoms with van der Waals surface area (Å²) in [6.45, 7) is 1.39. The van der Waals surface area contributed by atoms with Gasteiger partial charge in [0.05, 0.1) is 18.5 Å². The zero-order chi connectivity index (χ0) is 18.0. The summed E-state index contributed by atoms with van der Waals surface area (Å²) in [6, 6.07) is 15.6. The number of aromatic nitrogens is 1. The highest BCUT2D eigenvalue weighted by Crippen LogP contribution is 2.27. The summed E-state index contributed by atoms with van der Waals surface area (Å²) in [7, 11) is 1.23. The Morgan fingerprint density at radius 3 is 2.68 bits per heavy atom. The molecule has 128 valence electrons. The van der Waals surface area contributed by atoms with Crippen LogP contribution in [-0.2, 0) is 16.0 Å². The van der Waals surface area contributed by atoms with Crippen molar-refractivity contribution in [2.45, 2.75) is 18.9 Å². The number of hydrogen-bond donors (Lipinski definition) is 1. The molecule has 0 saturated heterocycles. The molecule has 5 heteroatoms. The van der Waals surface area contributed by atoms with Crippen LogP contribution in [0.4, 0.5) is 4.39 Å². The second kappa shape index (κ2) is 6.61. The van der Waals surface area contributed by atoms with Crippen molar-refractivity contribution < 1.29 is 19.0 Å². The fourth-order valence-corrected chi connectivity index (χ4v) is 2.82. The Hall–Kier alpha value is -2.79. The van der Waals surface area contributed by atoms with Crippen LogP contribution in [0.2, 0.25) is 0 Å². The average Bonchev–Trinajstić information content (AvgIpc) is 2.60. The number of halogens is 1. The number of ether oxygens (including phenoxy) is 1. The molecule has 0 aliphatic heterocycles. The first-order valence-corrected chi connectivity index (χ1v) is 7.86. The fourth-order valence-electron chi connectivity index (χ4n) is 2.82. The summed E-state index contributed by atoms with van der Waals surface area (Å²) in [5.41, 5.74) is 0.0526. The highest BCUT2D eigenvalue weighted by Gasteiger charge is 2.33. The minimum Gasteiger partial charge on any atom is -0.467 e. The van der Waals surface area contributed by atoms with Crippen LogP contribution < -0.4 is 0 Å². The molecule has 3 aromatic rings. The van der Waals surface area contributed by atoms with Crippen LogP contribution >= 0.6 is 0 Å². The summed E-state index contributed by atoms with van der Waals surface area (Å²) in [6.07, 6.45) is -0.0106. The lowest BCUT2D eigenvalue weighted by Crippen LogP contribution is -2.38. The van der Waals surface area contributed by atoms with Gasteiger partial charge < -0.3 is 9.84 Å². The van der Waals surface area contributed by atoms with Crippen LogP contribution in [0.1, 0.15) is 12.6 Å². The van der Waals surface area contributed by atoms with E-state index >= 15 is 0 Å². The molecule has 1 unspecified atom stereocenters. The van der Waals surface area contributed by atoms with Gasteiger partial charge in [0.1, 0.15) is 5.82 Å². The Labute approximate surface area is 144 Å². The first kappa shape index (κ1) is 17.0. The van der Waals surface area contributed by atoms with Gasteiger partial charge in [0, 0.05) is 17.4 Å². The van der Waals surface area contributed by atoms with Gasteiger partial charge in [-0.05, 0) is 30.5 Å². The van der Waals surface area contributed by atoms with Gasteiger partial charge in [0.25, 0.3) is 0 Å². The Balaban J connectivity index is 2.15. The van der Waals surface area contributed by atoms with Crippen LogP contribution in [0.15, 0.2) is 54.6 Å². The number of rotatable bonds is 4. The minimum absolute atomic E-state index is 0.0106. The molecule has 1 N–H and O–H groups in total. The molecule has 0 saturated carbocycles. The Morgan fingerprint density at radius 2 is 1.96 bits per heavy atom. The quantitative estimate of drug-likeness (QED) is 0.739. The summed E-state index contributed by atoms with van der Waals surface area (Å²) in [5.74, 6) is -1.08. The molecule has 0 aliphatic carbocycles. The third kappa shape index (κ3) is 3.51. The van der Waals surface area contributed by atoms with Gasteiger partial charge >= 0.3 is 5.97 Å². The van der Waals surface area contributed by atoms with Crippen molar-refractivity contribution in [1.29, 1.82) is 0 Å². The molecule has 3 rings (SSSR count). The molecule has 0 fully saturated rings. The fraction of sp³-hybridized carbons (Fsp3) is 0.200. The molecule has 1 aromatic heterocycles. The van der Waals surface area contributed by atoms with E-state index < -0.39 is 11.6 Å². The van der Waals surface area contributed by atoms with Crippen LogP contribution in [0.5, 0.6) is 0 Å². The number of carbonyl (C=O) groups excluding carboxylic acids is 1. The molecule has 25 heavy (non-hydrogen) atoms. The number of methoxy groups -OCH3 is 1. The third-order valence-corrected chi connectivity index (χ3v) is 4.08. The van der Waals surface area contributed by atoms with Gasteiger partial charge in [-0.25, -0.2) is 9.18 Å². The maximum Gasteiger partial charge on any atom is 0.337 e. The smallest absolute Gasteiger partial charge is 0.337 e. The van der Waals surface area contributed by atoms with E-state index in [1.165, 1.54) is 26.2 Å². The predicted molar refractivity (Wildman–Crippen MR) is 93.5 cm³/mol. The van der Waals surface area contributed by atoms with E-state index in [4.69, 9.17) is 0 Å². The van der Waals surface area contributed by atoms with Gasteiger partial charge in [-0.15, -0.1) is 0 Å². The molecule has 1 atom stereocenters. The van der Waals surface area contributed by atoms with Crippen LogP contribution in [-0.4, -0.2) is 28.8 Å². The highest BCUT2D eigenvalue weighted by molar-refractivity contribution is 5.89. The number of pyridine rings is 1. The second-order valence-corrected chi connectivity index (χ2v) is 6.13. The van der Waals surface area contributed by atoms with E-state index in [9.17, 15) is 14.3 Å². The number of nitrogens with zero attached hydrogens (tertiary/aromatic N) is 1. The predicted octanol–water partition coefficient (Wildman–Crippen LogP) is 3.51. The highest BCUT2D eigenvalue weighted by atomic mass is 19.1. The minimum atomic E-state index is -1.70. The van der Waals surface area contributed by atoms with Gasteiger partial charge in [-0.1, -0.05) is 36.4 Å². The molecule has 2 aromatic carbocycles. The molecular formula is C20H18FNO3. The topological polar surface area (TPSA) is 59.4 Å². The van der Waals surface area contributed by atoms with E-state index in [0.717, 1.165) is 10.8 Å². The largest absolute Gasteiger partial charge is 0.467 e. The van der Waals surface area contributed by atoms with Crippen molar-refractivity contribution in [1.82, 2.24) is 4.98 Å². The van der Waals surface area contributed by atoms with Crippen molar-refractivity contribution in [2.75, 3.05) is 7.11 Å². The second-order valence-electron chi connectivity index (χ2n) is 6.13. The van der Waals surface area contributed by atoms with E-state index in [2.05, 4.69) is 9.72 Å². The lowest BCUT2D eigenvalue weighted by atomic mass is 9.95. The Kier molecular flexibility index (Phi) is 4.51. The van der Waals surface area contributed by atoms with Crippen molar-refractivity contribution in [3.05, 3.63) is 66.1 Å². The summed E-state index contributed by atoms with van der Waals surface area (Å²) in [4.78, 5) is 16.4. The maximum absolute atomic E-state index is 13.6. The van der Waals surface area contributed by atoms with Crippen molar-refractivity contribution in [2.24, 2.45) is 0 Å². The lowest BCUT2D eigenvalue weighted by Gasteiger charge is -2.21. The molecule has 0 amide bonds. The summed E-state index contributed by atoms with van der Waals surface area (Å²) < 4.78 is 18.2. The summed E-state index contributed by atoms with van der Waals surface area (Å²) in [5, 5.41) is 12.1. The third-order valence-electron chi connectivity index (χ3n) is 4.08. The average molecular weight is 339 g/mol. The number of hydrogen-bond acceptors (Lipinski definition) is 4. The van der Waals surface area contributed by atoms with Gasteiger partial charge in [0.2, 0.25) is 0 Å². The first-order valence-electron chi connectivity index (χ1n) is 7.86. The monoisotopic (exact) mass is 339 g/mol. The first-order chi connectivity index (χ1) is 11.9. The molecule has 1 heterocycles. The number of benzene rings is 2. The van der Waals surface area contributed by atoms with Gasteiger partial charge in [-0.2, -0.15) is 0 Å². The van der Waals surface area contributed by atoms with Crippen LogP contribution in [0.25, 0.3) is 22.0 Å². The van der Waals surface area contributed by atoms with E-state index in [0.29, 0.717) is 17.0 Å². The van der Waals surface area contributed by atoms with E-state index in [-0.39, 0.29) is 12.2 Å². The van der Waals surface area contributed by atoms with E-state index in [1.807, 2.05) is 30.3 Å². The Bertz CT molecular complexity index is 937. The van der Waals surface area contributed by atoms with Crippen LogP contribution in [0.3, 0.4) is 0 Å². The summed E-state index contributed by atoms with van der Waals surface area (Å²) >= 11 is 0. The van der Waals surface area contributed by atoms with Crippen molar-refractivity contribution in [3.8, 4) is 11.3 Å². The number of esters is 1. The lowest BCUT2D eigenvalue weighted by molar-refractivity contribution is -0.160. The zero-order valence-electron chi connectivity index (χ0n) is 14.0. The molecule has 0 aliphatic rings. The Morgan fingerprint density at radius 1 is 1.20 bits per heavy atom. The van der Waals surface area contributed by atoms with Crippen LogP contribution in [0, 0.1) is 5.82 Å². The zero-order valence-corrected chi connectivity index (χ0v) is 14.0. The number of aliphatic hydroxyl groups is 1. The molecule has 0 bridgehead atoms. The number of carbonyl (C=O) groups is 1. The van der Waals surface area contributed by atoms with E-state index in [1.54, 1.807) is 12.1 Å². The molecule has 4 nitrogen and oxygen atoms in total. The maximum atomic E-state index is 13.6. The van der Waals surface area contributed by atoms with Gasteiger partial charge in [0.15, 0.2) is 5.60 Å². The number of fused-ring (bicyclic) bond motifs is 1. The molecule has 0 spiro atoms. The standard InChI is InChI=1S/C20H18FNO3/c1-20(24,19(23)25-2)12-18-16-9-4-3-6-13(16)11-17(22-18)14-7-5-8-15(21)10-14/h3-11,24H,12H2,1-2H3. The van der Waals surface area contributed by atoms with Crippen molar-refractivity contribution >= 4 is 16.7 Å². The normalized spacial score (nSPS) is 13.4. The SMILES string of the molecule is COC(=O)C(C)(O)Cc1nc(-c2cccc(F)c2)cc2ccccc12. The van der Waals surface area contributed by atoms with Crippen molar-refractivity contribution in [3.63, 3.8) is 0 Å². The van der Waals surface area contributed by atoms with Gasteiger partial charge in [-0.3, -0.25) is 4.98 Å².